The van der Waals surface area contributed by atoms with Crippen molar-refractivity contribution in [3.63, 3.8) is 0 Å². The molecule has 1 atom stereocenters. The number of rotatable bonds is 2. The summed E-state index contributed by atoms with van der Waals surface area (Å²) in [7, 11) is 1.90. The van der Waals surface area contributed by atoms with E-state index in [4.69, 9.17) is 0 Å². The minimum atomic E-state index is 0.176. The first-order chi connectivity index (χ1) is 6.02. The molecule has 76 valence electrons. The van der Waals surface area contributed by atoms with E-state index in [1.165, 1.54) is 0 Å². The molecule has 0 aromatic rings. The number of likely N-dealkylation sites (N-methyl/N-ethyl adjacent to an activating group) is 1. The molecule has 0 radical (unpaired) electrons. The summed E-state index contributed by atoms with van der Waals surface area (Å²) in [5, 5.41) is 0. The Morgan fingerprint density at radius 3 is 2.54 bits per heavy atom. The van der Waals surface area contributed by atoms with Crippen LogP contribution in [0.1, 0.15) is 27.2 Å². The van der Waals surface area contributed by atoms with Crippen LogP contribution in [0.5, 0.6) is 0 Å². The van der Waals surface area contributed by atoms with Gasteiger partial charge in [-0.1, -0.05) is 0 Å². The Morgan fingerprint density at radius 2 is 2.15 bits per heavy atom. The lowest BCUT2D eigenvalue weighted by molar-refractivity contribution is -0.129. The first kappa shape index (κ1) is 10.5. The number of hydrogen-bond acceptors (Lipinski definition) is 2. The molecule has 1 unspecified atom stereocenters. The Kier molecular flexibility index (Phi) is 3.31. The molecule has 1 amide bonds. The fraction of sp³-hybridized carbons (Fsp3) is 0.900. The second kappa shape index (κ2) is 4.09. The number of carbonyl (C=O) groups excluding carboxylic acids is 1. The van der Waals surface area contributed by atoms with Gasteiger partial charge < -0.3 is 4.90 Å². The molecule has 1 rings (SSSR count). The first-order valence-corrected chi connectivity index (χ1v) is 4.99. The molecule has 3 nitrogen and oxygen atoms in total. The second-order valence-corrected chi connectivity index (χ2v) is 4.16. The lowest BCUT2D eigenvalue weighted by atomic mass is 10.2. The van der Waals surface area contributed by atoms with Gasteiger partial charge in [-0.2, -0.15) is 0 Å². The molecule has 0 spiro atoms. The highest BCUT2D eigenvalue weighted by Crippen LogP contribution is 2.16. The zero-order valence-electron chi connectivity index (χ0n) is 9.08. The summed E-state index contributed by atoms with van der Waals surface area (Å²) in [6.07, 6.45) is 1.12. The van der Waals surface area contributed by atoms with Gasteiger partial charge in [0.1, 0.15) is 0 Å². The Morgan fingerprint density at radius 1 is 1.54 bits per heavy atom. The van der Waals surface area contributed by atoms with Crippen LogP contribution in [0.15, 0.2) is 0 Å². The number of amides is 1. The smallest absolute Gasteiger partial charge is 0.219 e. The predicted molar refractivity (Wildman–Crippen MR) is 53.6 cm³/mol. The molecular weight excluding hydrogens is 164 g/mol. The van der Waals surface area contributed by atoms with Gasteiger partial charge in [0.15, 0.2) is 0 Å². The van der Waals surface area contributed by atoms with Gasteiger partial charge in [-0.3, -0.25) is 9.69 Å². The fourth-order valence-corrected chi connectivity index (χ4v) is 1.81. The van der Waals surface area contributed by atoms with Crippen LogP contribution in [0.2, 0.25) is 0 Å². The monoisotopic (exact) mass is 184 g/mol. The SMILES string of the molecule is CC(=O)N(C)C1CCN(C(C)C)C1. The summed E-state index contributed by atoms with van der Waals surface area (Å²) in [4.78, 5) is 15.4. The minimum Gasteiger partial charge on any atom is -0.342 e. The quantitative estimate of drug-likeness (QED) is 0.638. The number of likely N-dealkylation sites (tertiary alicyclic amines) is 1. The summed E-state index contributed by atoms with van der Waals surface area (Å²) < 4.78 is 0. The van der Waals surface area contributed by atoms with Crippen LogP contribution in [0.4, 0.5) is 0 Å². The average molecular weight is 184 g/mol. The van der Waals surface area contributed by atoms with Crippen molar-refractivity contribution in [3.05, 3.63) is 0 Å². The van der Waals surface area contributed by atoms with Crippen LogP contribution in [0, 0.1) is 0 Å². The predicted octanol–water partition coefficient (Wildman–Crippen LogP) is 0.947. The van der Waals surface area contributed by atoms with Crippen molar-refractivity contribution in [2.45, 2.75) is 39.3 Å². The number of nitrogens with zero attached hydrogens (tertiary/aromatic N) is 2. The fourth-order valence-electron chi connectivity index (χ4n) is 1.81. The van der Waals surface area contributed by atoms with E-state index in [1.54, 1.807) is 6.92 Å². The largest absolute Gasteiger partial charge is 0.342 e. The van der Waals surface area contributed by atoms with Crippen LogP contribution >= 0.6 is 0 Å². The van der Waals surface area contributed by atoms with E-state index < -0.39 is 0 Å². The van der Waals surface area contributed by atoms with Gasteiger partial charge in [0, 0.05) is 39.1 Å². The Balaban J connectivity index is 2.45. The van der Waals surface area contributed by atoms with Crippen molar-refractivity contribution in [2.24, 2.45) is 0 Å². The summed E-state index contributed by atoms with van der Waals surface area (Å²) >= 11 is 0. The van der Waals surface area contributed by atoms with Crippen molar-refractivity contribution in [1.29, 1.82) is 0 Å². The molecule has 3 heteroatoms. The zero-order valence-corrected chi connectivity index (χ0v) is 9.08. The van der Waals surface area contributed by atoms with E-state index in [2.05, 4.69) is 18.7 Å². The maximum atomic E-state index is 11.1. The molecule has 1 saturated heterocycles. The van der Waals surface area contributed by atoms with E-state index in [9.17, 15) is 4.79 Å². The molecule has 1 heterocycles. The molecule has 13 heavy (non-hydrogen) atoms. The standard InChI is InChI=1S/C10H20N2O/c1-8(2)12-6-5-10(7-12)11(4)9(3)13/h8,10H,5-7H2,1-4H3. The van der Waals surface area contributed by atoms with Crippen LogP contribution in [0.25, 0.3) is 0 Å². The van der Waals surface area contributed by atoms with Gasteiger partial charge in [0.05, 0.1) is 0 Å². The molecule has 0 aliphatic carbocycles. The van der Waals surface area contributed by atoms with Gasteiger partial charge in [0.25, 0.3) is 0 Å². The lowest BCUT2D eigenvalue weighted by Crippen LogP contribution is -2.38. The highest BCUT2D eigenvalue weighted by atomic mass is 16.2. The van der Waals surface area contributed by atoms with Gasteiger partial charge in [-0.15, -0.1) is 0 Å². The van der Waals surface area contributed by atoms with Crippen LogP contribution in [-0.2, 0) is 4.79 Å². The molecule has 0 bridgehead atoms. The third-order valence-corrected chi connectivity index (χ3v) is 2.97. The highest BCUT2D eigenvalue weighted by molar-refractivity contribution is 5.73. The van der Waals surface area contributed by atoms with Gasteiger partial charge in [-0.05, 0) is 20.3 Å². The van der Waals surface area contributed by atoms with Gasteiger partial charge in [0.2, 0.25) is 5.91 Å². The van der Waals surface area contributed by atoms with E-state index in [0.29, 0.717) is 12.1 Å². The Bertz CT molecular complexity index is 191. The molecule has 0 saturated carbocycles. The summed E-state index contributed by atoms with van der Waals surface area (Å²) in [5.41, 5.74) is 0. The van der Waals surface area contributed by atoms with Crippen molar-refractivity contribution in [2.75, 3.05) is 20.1 Å². The van der Waals surface area contributed by atoms with E-state index in [-0.39, 0.29) is 5.91 Å². The lowest BCUT2D eigenvalue weighted by Gasteiger charge is -2.25. The third kappa shape index (κ3) is 2.44. The summed E-state index contributed by atoms with van der Waals surface area (Å²) in [5.74, 6) is 0.176. The molecule has 1 aliphatic heterocycles. The second-order valence-electron chi connectivity index (χ2n) is 4.16. The molecule has 1 fully saturated rings. The summed E-state index contributed by atoms with van der Waals surface area (Å²) in [6, 6.07) is 1.03. The number of carbonyl (C=O) groups is 1. The number of hydrogen-bond donors (Lipinski definition) is 0. The Hall–Kier alpha value is -0.570. The van der Waals surface area contributed by atoms with E-state index >= 15 is 0 Å². The maximum absolute atomic E-state index is 11.1. The molecule has 0 aromatic heterocycles. The first-order valence-electron chi connectivity index (χ1n) is 4.99. The molecular formula is C10H20N2O. The van der Waals surface area contributed by atoms with Crippen molar-refractivity contribution in [1.82, 2.24) is 9.80 Å². The summed E-state index contributed by atoms with van der Waals surface area (Å²) in [6.45, 7) is 8.21. The van der Waals surface area contributed by atoms with Crippen LogP contribution in [0.3, 0.4) is 0 Å². The van der Waals surface area contributed by atoms with E-state index in [0.717, 1.165) is 19.5 Å². The van der Waals surface area contributed by atoms with Gasteiger partial charge >= 0.3 is 0 Å². The topological polar surface area (TPSA) is 23.6 Å². The van der Waals surface area contributed by atoms with Crippen molar-refractivity contribution >= 4 is 5.91 Å². The van der Waals surface area contributed by atoms with Crippen LogP contribution < -0.4 is 0 Å². The van der Waals surface area contributed by atoms with Crippen LogP contribution in [-0.4, -0.2) is 47.9 Å². The Labute approximate surface area is 80.7 Å². The average Bonchev–Trinajstić information content (AvgIpc) is 2.50. The van der Waals surface area contributed by atoms with Gasteiger partial charge in [-0.25, -0.2) is 0 Å². The minimum absolute atomic E-state index is 0.176. The zero-order chi connectivity index (χ0) is 10.0. The van der Waals surface area contributed by atoms with Crippen molar-refractivity contribution < 1.29 is 4.79 Å². The maximum Gasteiger partial charge on any atom is 0.219 e. The third-order valence-electron chi connectivity index (χ3n) is 2.97. The molecule has 0 aromatic carbocycles. The highest BCUT2D eigenvalue weighted by Gasteiger charge is 2.27. The van der Waals surface area contributed by atoms with Crippen molar-refractivity contribution in [3.8, 4) is 0 Å². The molecule has 1 aliphatic rings. The molecule has 0 N–H and O–H groups in total. The van der Waals surface area contributed by atoms with E-state index in [1.807, 2.05) is 11.9 Å². The normalized spacial score (nSPS) is 23.9.